The van der Waals surface area contributed by atoms with Crippen LogP contribution in [0.15, 0.2) is 57.5 Å². The molecule has 0 unspecified atom stereocenters. The van der Waals surface area contributed by atoms with Gasteiger partial charge in [0.05, 0.1) is 11.1 Å². The summed E-state index contributed by atoms with van der Waals surface area (Å²) < 4.78 is 26.3. The van der Waals surface area contributed by atoms with Crippen molar-refractivity contribution in [3.05, 3.63) is 80.7 Å². The third-order valence-electron chi connectivity index (χ3n) is 3.92. The number of hydrogen-bond donors (Lipinski definition) is 1. The minimum Gasteiger partial charge on any atom is -0.309 e. The van der Waals surface area contributed by atoms with Crippen LogP contribution in [-0.4, -0.2) is 9.97 Å². The summed E-state index contributed by atoms with van der Waals surface area (Å²) in [7, 11) is 0. The molecule has 0 saturated heterocycles. The van der Waals surface area contributed by atoms with Crippen molar-refractivity contribution >= 4 is 44.9 Å². The Labute approximate surface area is 166 Å². The summed E-state index contributed by atoms with van der Waals surface area (Å²) in [5.74, 6) is -0.998. The Balaban J connectivity index is 1.66. The molecule has 4 rings (SSSR count). The molecule has 0 bridgehead atoms. The number of H-pyrrole nitrogens is 1. The van der Waals surface area contributed by atoms with E-state index < -0.39 is 11.6 Å². The van der Waals surface area contributed by atoms with Gasteiger partial charge in [0.15, 0.2) is 11.6 Å². The standard InChI is InChI=1S/C19H11ClF2N2OS2/c20-13-4-2-1-3-11(13)12-8-27-19-17(12)18(25)23-16(24-19)9-26-10-5-6-14(21)15(22)7-10/h1-8H,9H2,(H,23,24,25). The molecule has 0 atom stereocenters. The number of nitrogens with zero attached hydrogens (tertiary/aromatic N) is 1. The van der Waals surface area contributed by atoms with Gasteiger partial charge in [0.1, 0.15) is 10.7 Å². The van der Waals surface area contributed by atoms with Crippen molar-refractivity contribution in [1.82, 2.24) is 9.97 Å². The highest BCUT2D eigenvalue weighted by atomic mass is 35.5. The lowest BCUT2D eigenvalue weighted by atomic mass is 10.1. The molecular weight excluding hydrogens is 410 g/mol. The van der Waals surface area contributed by atoms with E-state index >= 15 is 0 Å². The molecule has 0 spiro atoms. The maximum atomic E-state index is 13.3. The first-order valence-electron chi connectivity index (χ1n) is 7.86. The summed E-state index contributed by atoms with van der Waals surface area (Å²) in [4.78, 5) is 21.1. The van der Waals surface area contributed by atoms with Crippen LogP contribution >= 0.6 is 34.7 Å². The average molecular weight is 421 g/mol. The third-order valence-corrected chi connectivity index (χ3v) is 6.13. The Morgan fingerprint density at radius 1 is 1.11 bits per heavy atom. The Morgan fingerprint density at radius 3 is 2.70 bits per heavy atom. The van der Waals surface area contributed by atoms with E-state index in [-0.39, 0.29) is 5.56 Å². The highest BCUT2D eigenvalue weighted by Crippen LogP contribution is 2.35. The maximum absolute atomic E-state index is 13.3. The van der Waals surface area contributed by atoms with Crippen LogP contribution in [0.5, 0.6) is 0 Å². The van der Waals surface area contributed by atoms with Crippen molar-refractivity contribution in [3.8, 4) is 11.1 Å². The number of thioether (sulfide) groups is 1. The maximum Gasteiger partial charge on any atom is 0.260 e. The van der Waals surface area contributed by atoms with Gasteiger partial charge in [-0.15, -0.1) is 23.1 Å². The number of hydrogen-bond acceptors (Lipinski definition) is 4. The van der Waals surface area contributed by atoms with Crippen molar-refractivity contribution in [1.29, 1.82) is 0 Å². The number of thiophene rings is 1. The summed E-state index contributed by atoms with van der Waals surface area (Å²) in [5, 5.41) is 2.92. The van der Waals surface area contributed by atoms with Gasteiger partial charge in [-0.1, -0.05) is 29.8 Å². The van der Waals surface area contributed by atoms with Crippen LogP contribution in [0, 0.1) is 11.6 Å². The monoisotopic (exact) mass is 420 g/mol. The zero-order valence-electron chi connectivity index (χ0n) is 13.6. The molecule has 3 nitrogen and oxygen atoms in total. The van der Waals surface area contributed by atoms with Gasteiger partial charge < -0.3 is 4.98 Å². The van der Waals surface area contributed by atoms with Crippen LogP contribution in [0.2, 0.25) is 5.02 Å². The molecule has 2 aromatic carbocycles. The van der Waals surface area contributed by atoms with E-state index in [1.807, 2.05) is 23.6 Å². The number of benzene rings is 2. The Hall–Kier alpha value is -2.22. The number of halogens is 3. The molecule has 0 amide bonds. The molecule has 2 aromatic heterocycles. The van der Waals surface area contributed by atoms with E-state index in [2.05, 4.69) is 9.97 Å². The minimum absolute atomic E-state index is 0.253. The second-order valence-corrected chi connectivity index (χ2v) is 8.00. The molecule has 0 aliphatic heterocycles. The second-order valence-electron chi connectivity index (χ2n) is 5.69. The number of nitrogens with one attached hydrogen (secondary N) is 1. The lowest BCUT2D eigenvalue weighted by molar-refractivity contribution is 0.506. The molecule has 4 aromatic rings. The molecule has 2 heterocycles. The zero-order valence-corrected chi connectivity index (χ0v) is 16.0. The van der Waals surface area contributed by atoms with Crippen molar-refractivity contribution in [2.24, 2.45) is 0 Å². The van der Waals surface area contributed by atoms with Crippen LogP contribution < -0.4 is 5.56 Å². The van der Waals surface area contributed by atoms with E-state index in [4.69, 9.17) is 11.6 Å². The van der Waals surface area contributed by atoms with Gasteiger partial charge >= 0.3 is 0 Å². The second kappa shape index (κ2) is 7.42. The van der Waals surface area contributed by atoms with E-state index in [0.29, 0.717) is 31.7 Å². The molecule has 136 valence electrons. The van der Waals surface area contributed by atoms with Crippen LogP contribution in [-0.2, 0) is 5.75 Å². The number of rotatable bonds is 4. The van der Waals surface area contributed by atoms with E-state index in [1.54, 1.807) is 6.07 Å². The fourth-order valence-corrected chi connectivity index (χ4v) is 4.64. The van der Waals surface area contributed by atoms with Crippen molar-refractivity contribution in [2.75, 3.05) is 0 Å². The van der Waals surface area contributed by atoms with Gasteiger partial charge in [-0.2, -0.15) is 0 Å². The summed E-state index contributed by atoms with van der Waals surface area (Å²) in [5.41, 5.74) is 1.27. The fourth-order valence-electron chi connectivity index (χ4n) is 2.66. The van der Waals surface area contributed by atoms with Crippen LogP contribution in [0.1, 0.15) is 5.82 Å². The van der Waals surface area contributed by atoms with Crippen molar-refractivity contribution in [3.63, 3.8) is 0 Å². The Kier molecular flexibility index (Phi) is 4.99. The van der Waals surface area contributed by atoms with Gasteiger partial charge in [0.25, 0.3) is 5.56 Å². The van der Waals surface area contributed by atoms with Gasteiger partial charge in [-0.25, -0.2) is 13.8 Å². The van der Waals surface area contributed by atoms with E-state index in [0.717, 1.165) is 23.3 Å². The smallest absolute Gasteiger partial charge is 0.260 e. The summed E-state index contributed by atoms with van der Waals surface area (Å²) >= 11 is 8.88. The molecule has 0 aliphatic carbocycles. The summed E-state index contributed by atoms with van der Waals surface area (Å²) in [6, 6.07) is 11.0. The fraction of sp³-hybridized carbons (Fsp3) is 0.0526. The SMILES string of the molecule is O=c1[nH]c(CSc2ccc(F)c(F)c2)nc2scc(-c3ccccc3Cl)c12. The molecular formula is C19H11ClF2N2OS2. The first-order chi connectivity index (χ1) is 13.0. The molecule has 0 radical (unpaired) electrons. The van der Waals surface area contributed by atoms with Crippen LogP contribution in [0.25, 0.3) is 21.3 Å². The largest absolute Gasteiger partial charge is 0.309 e. The molecule has 0 fully saturated rings. The first-order valence-corrected chi connectivity index (χ1v) is 10.1. The van der Waals surface area contributed by atoms with Gasteiger partial charge in [0, 0.05) is 26.4 Å². The summed E-state index contributed by atoms with van der Waals surface area (Å²) in [6.07, 6.45) is 0. The van der Waals surface area contributed by atoms with Gasteiger partial charge in [-0.05, 0) is 24.3 Å². The van der Waals surface area contributed by atoms with Gasteiger partial charge in [0.2, 0.25) is 0 Å². The topological polar surface area (TPSA) is 45.8 Å². The van der Waals surface area contributed by atoms with Gasteiger partial charge in [-0.3, -0.25) is 4.79 Å². The minimum atomic E-state index is -0.903. The van der Waals surface area contributed by atoms with Crippen molar-refractivity contribution in [2.45, 2.75) is 10.6 Å². The highest BCUT2D eigenvalue weighted by molar-refractivity contribution is 7.98. The van der Waals surface area contributed by atoms with E-state index in [9.17, 15) is 13.6 Å². The molecule has 0 saturated carbocycles. The molecule has 0 aliphatic rings. The zero-order chi connectivity index (χ0) is 19.0. The van der Waals surface area contributed by atoms with Crippen molar-refractivity contribution < 1.29 is 8.78 Å². The predicted octanol–water partition coefficient (Wildman–Crippen LogP) is 5.88. The Bertz CT molecular complexity index is 1210. The lowest BCUT2D eigenvalue weighted by Gasteiger charge is -2.04. The lowest BCUT2D eigenvalue weighted by Crippen LogP contribution is -2.10. The predicted molar refractivity (Wildman–Crippen MR) is 107 cm³/mol. The first kappa shape index (κ1) is 18.2. The third kappa shape index (κ3) is 3.63. The van der Waals surface area contributed by atoms with Crippen LogP contribution in [0.4, 0.5) is 8.78 Å². The number of aromatic nitrogens is 2. The normalized spacial score (nSPS) is 11.2. The molecule has 1 N–H and O–H groups in total. The number of aromatic amines is 1. The molecule has 8 heteroatoms. The van der Waals surface area contributed by atoms with E-state index in [1.165, 1.54) is 29.2 Å². The highest BCUT2D eigenvalue weighted by Gasteiger charge is 2.15. The molecule has 27 heavy (non-hydrogen) atoms. The van der Waals surface area contributed by atoms with Crippen LogP contribution in [0.3, 0.4) is 0 Å². The number of fused-ring (bicyclic) bond motifs is 1. The Morgan fingerprint density at radius 2 is 1.93 bits per heavy atom. The summed E-state index contributed by atoms with van der Waals surface area (Å²) in [6.45, 7) is 0. The quantitative estimate of drug-likeness (QED) is 0.419. The average Bonchev–Trinajstić information content (AvgIpc) is 3.07.